The molecule has 3 fully saturated rings. The van der Waals surface area contributed by atoms with Gasteiger partial charge in [0.05, 0.1) is 0 Å². The van der Waals surface area contributed by atoms with Crippen molar-refractivity contribution < 1.29 is 4.79 Å². The van der Waals surface area contributed by atoms with Crippen molar-refractivity contribution in [2.75, 3.05) is 32.7 Å². The largest absolute Gasteiger partial charge is 0.338 e. The third kappa shape index (κ3) is 5.38. The topological polar surface area (TPSA) is 35.6 Å². The van der Waals surface area contributed by atoms with Crippen LogP contribution in [0.4, 0.5) is 0 Å². The third-order valence-electron chi connectivity index (χ3n) is 6.61. The van der Waals surface area contributed by atoms with Gasteiger partial charge in [-0.3, -0.25) is 9.69 Å². The van der Waals surface area contributed by atoms with Gasteiger partial charge in [-0.15, -0.1) is 24.8 Å². The molecule has 0 aromatic heterocycles. The van der Waals surface area contributed by atoms with Gasteiger partial charge in [-0.1, -0.05) is 30.3 Å². The Hall–Kier alpha value is -0.810. The van der Waals surface area contributed by atoms with Gasteiger partial charge in [-0.25, -0.2) is 0 Å². The lowest BCUT2D eigenvalue weighted by Crippen LogP contribution is -2.55. The standard InChI is InChI=1S/C21H31N3O.2ClH/c25-20-8-9-21(17-24(20)16-18-5-2-1-3-6-18)10-13-23(14-11-21)19-7-4-12-22-15-19;;/h1-3,5-6,19,22H,4,7-17H2;2*1H. The van der Waals surface area contributed by atoms with E-state index in [1.54, 1.807) is 0 Å². The predicted octanol–water partition coefficient (Wildman–Crippen LogP) is 3.49. The minimum Gasteiger partial charge on any atom is -0.338 e. The van der Waals surface area contributed by atoms with Gasteiger partial charge in [0.2, 0.25) is 5.91 Å². The summed E-state index contributed by atoms with van der Waals surface area (Å²) in [6.07, 6.45) is 6.99. The highest BCUT2D eigenvalue weighted by atomic mass is 35.5. The van der Waals surface area contributed by atoms with Crippen molar-refractivity contribution in [2.45, 2.75) is 51.1 Å². The van der Waals surface area contributed by atoms with E-state index < -0.39 is 0 Å². The van der Waals surface area contributed by atoms with Crippen LogP contribution < -0.4 is 5.32 Å². The van der Waals surface area contributed by atoms with Crippen molar-refractivity contribution in [3.63, 3.8) is 0 Å². The highest BCUT2D eigenvalue weighted by molar-refractivity contribution is 5.85. The molecule has 27 heavy (non-hydrogen) atoms. The summed E-state index contributed by atoms with van der Waals surface area (Å²) in [7, 11) is 0. The second-order valence-electron chi connectivity index (χ2n) is 8.27. The zero-order valence-electron chi connectivity index (χ0n) is 16.1. The van der Waals surface area contributed by atoms with E-state index in [2.05, 4.69) is 39.4 Å². The predicted molar refractivity (Wildman–Crippen MR) is 115 cm³/mol. The molecule has 4 rings (SSSR count). The van der Waals surface area contributed by atoms with Gasteiger partial charge < -0.3 is 10.2 Å². The van der Waals surface area contributed by atoms with E-state index in [9.17, 15) is 4.79 Å². The second-order valence-corrected chi connectivity index (χ2v) is 8.27. The normalized spacial score (nSPS) is 25.6. The molecule has 1 aromatic carbocycles. The molecule has 1 unspecified atom stereocenters. The lowest BCUT2D eigenvalue weighted by atomic mass is 9.72. The summed E-state index contributed by atoms with van der Waals surface area (Å²) >= 11 is 0. The van der Waals surface area contributed by atoms with Gasteiger partial charge in [0, 0.05) is 32.1 Å². The summed E-state index contributed by atoms with van der Waals surface area (Å²) in [5, 5.41) is 3.55. The van der Waals surface area contributed by atoms with E-state index in [4.69, 9.17) is 0 Å². The fourth-order valence-electron chi connectivity index (χ4n) is 4.97. The molecule has 3 heterocycles. The van der Waals surface area contributed by atoms with Gasteiger partial charge in [-0.2, -0.15) is 0 Å². The molecule has 1 N–H and O–H groups in total. The van der Waals surface area contributed by atoms with Crippen LogP contribution in [0.25, 0.3) is 0 Å². The third-order valence-corrected chi connectivity index (χ3v) is 6.61. The first kappa shape index (κ1) is 22.5. The van der Waals surface area contributed by atoms with Crippen molar-refractivity contribution in [2.24, 2.45) is 5.41 Å². The zero-order chi connectivity index (χ0) is 17.1. The van der Waals surface area contributed by atoms with Crippen molar-refractivity contribution in [3.05, 3.63) is 35.9 Å². The van der Waals surface area contributed by atoms with Crippen LogP contribution >= 0.6 is 24.8 Å². The van der Waals surface area contributed by atoms with Crippen LogP contribution in [0.15, 0.2) is 30.3 Å². The maximum absolute atomic E-state index is 12.4. The Morgan fingerprint density at radius 2 is 1.81 bits per heavy atom. The Morgan fingerprint density at radius 1 is 1.07 bits per heavy atom. The van der Waals surface area contributed by atoms with E-state index in [-0.39, 0.29) is 24.8 Å². The van der Waals surface area contributed by atoms with Gasteiger partial charge >= 0.3 is 0 Å². The number of carbonyl (C=O) groups is 1. The average molecular weight is 414 g/mol. The van der Waals surface area contributed by atoms with Gasteiger partial charge in [0.1, 0.15) is 0 Å². The molecule has 1 aromatic rings. The van der Waals surface area contributed by atoms with E-state index in [0.29, 0.717) is 11.3 Å². The van der Waals surface area contributed by atoms with Crippen LogP contribution in [0.2, 0.25) is 0 Å². The first-order chi connectivity index (χ1) is 12.2. The number of nitrogens with one attached hydrogen (secondary N) is 1. The lowest BCUT2D eigenvalue weighted by molar-refractivity contribution is -0.140. The molecule has 3 aliphatic rings. The molecule has 0 aliphatic carbocycles. The summed E-state index contributed by atoms with van der Waals surface area (Å²) in [4.78, 5) is 17.3. The number of hydrogen-bond donors (Lipinski definition) is 1. The molecule has 1 amide bonds. The van der Waals surface area contributed by atoms with E-state index in [1.165, 1.54) is 50.9 Å². The molecule has 0 bridgehead atoms. The minimum atomic E-state index is 0. The minimum absolute atomic E-state index is 0. The molecule has 4 nitrogen and oxygen atoms in total. The summed E-state index contributed by atoms with van der Waals surface area (Å²) in [5.41, 5.74) is 1.61. The van der Waals surface area contributed by atoms with Crippen LogP contribution in [0, 0.1) is 5.41 Å². The average Bonchev–Trinajstić information content (AvgIpc) is 2.67. The molecule has 1 spiro atoms. The zero-order valence-corrected chi connectivity index (χ0v) is 17.7. The monoisotopic (exact) mass is 413 g/mol. The van der Waals surface area contributed by atoms with Crippen LogP contribution in [0.5, 0.6) is 0 Å². The Balaban J connectivity index is 0.00000131. The SMILES string of the molecule is Cl.Cl.O=C1CCC2(CCN(C3CCCNC3)CC2)CN1Cc1ccccc1. The maximum atomic E-state index is 12.4. The number of rotatable bonds is 3. The smallest absolute Gasteiger partial charge is 0.222 e. The van der Waals surface area contributed by atoms with E-state index in [0.717, 1.165) is 38.5 Å². The number of hydrogen-bond acceptors (Lipinski definition) is 3. The first-order valence-corrected chi connectivity index (χ1v) is 10.0. The number of likely N-dealkylation sites (tertiary alicyclic amines) is 2. The number of benzene rings is 1. The van der Waals surface area contributed by atoms with Crippen LogP contribution in [0.3, 0.4) is 0 Å². The van der Waals surface area contributed by atoms with Crippen molar-refractivity contribution in [1.82, 2.24) is 15.1 Å². The number of piperidine rings is 3. The quantitative estimate of drug-likeness (QED) is 0.823. The highest BCUT2D eigenvalue weighted by Crippen LogP contribution is 2.41. The number of halogens is 2. The summed E-state index contributed by atoms with van der Waals surface area (Å²) in [5.74, 6) is 0.341. The molecule has 0 radical (unpaired) electrons. The van der Waals surface area contributed by atoms with Crippen molar-refractivity contribution in [1.29, 1.82) is 0 Å². The van der Waals surface area contributed by atoms with Crippen LogP contribution in [-0.4, -0.2) is 54.5 Å². The second kappa shape index (κ2) is 10.1. The summed E-state index contributed by atoms with van der Waals surface area (Å²) in [6.45, 7) is 6.49. The molecule has 3 saturated heterocycles. The molecular weight excluding hydrogens is 381 g/mol. The Kier molecular flexibility index (Phi) is 8.41. The van der Waals surface area contributed by atoms with Crippen molar-refractivity contribution in [3.8, 4) is 0 Å². The Morgan fingerprint density at radius 3 is 2.48 bits per heavy atom. The number of amides is 1. The van der Waals surface area contributed by atoms with Crippen LogP contribution in [-0.2, 0) is 11.3 Å². The summed E-state index contributed by atoms with van der Waals surface area (Å²) < 4.78 is 0. The molecule has 0 saturated carbocycles. The van der Waals surface area contributed by atoms with E-state index in [1.807, 2.05) is 6.07 Å². The van der Waals surface area contributed by atoms with E-state index >= 15 is 0 Å². The van der Waals surface area contributed by atoms with Gasteiger partial charge in [0.15, 0.2) is 0 Å². The van der Waals surface area contributed by atoms with Crippen molar-refractivity contribution >= 4 is 30.7 Å². The molecular formula is C21H33Cl2N3O. The lowest BCUT2D eigenvalue weighted by Gasteiger charge is -2.49. The Labute approximate surface area is 175 Å². The Bertz CT molecular complexity index is 584. The highest BCUT2D eigenvalue weighted by Gasteiger charge is 2.41. The van der Waals surface area contributed by atoms with Gasteiger partial charge in [-0.05, 0) is 62.7 Å². The molecule has 6 heteroatoms. The molecule has 3 aliphatic heterocycles. The molecule has 1 atom stereocenters. The fourth-order valence-corrected chi connectivity index (χ4v) is 4.97. The summed E-state index contributed by atoms with van der Waals surface area (Å²) in [6, 6.07) is 11.2. The van der Waals surface area contributed by atoms with Crippen LogP contribution in [0.1, 0.15) is 44.1 Å². The first-order valence-electron chi connectivity index (χ1n) is 10.0. The maximum Gasteiger partial charge on any atom is 0.222 e. The fraction of sp³-hybridized carbons (Fsp3) is 0.667. The van der Waals surface area contributed by atoms with Gasteiger partial charge in [0.25, 0.3) is 0 Å². The number of carbonyl (C=O) groups excluding carboxylic acids is 1. The molecule has 152 valence electrons. The number of nitrogens with zero attached hydrogens (tertiary/aromatic N) is 2.